The maximum atomic E-state index is 12.8. The van der Waals surface area contributed by atoms with E-state index in [9.17, 15) is 9.59 Å². The van der Waals surface area contributed by atoms with Gasteiger partial charge in [0.2, 0.25) is 0 Å². The first-order chi connectivity index (χ1) is 12.6. The van der Waals surface area contributed by atoms with E-state index in [1.165, 1.54) is 0 Å². The molecule has 1 N–H and O–H groups in total. The standard InChI is InChI=1S/C22H18ClNO2/c1-2-15-8-10-17(11-9-15)22(26)24-20-13-12-18(23)14-19(20)21(25)16-6-4-3-5-7-16/h3-14H,2H2,1H3,(H,24,26). The van der Waals surface area contributed by atoms with Gasteiger partial charge in [-0.1, -0.05) is 61.0 Å². The van der Waals surface area contributed by atoms with E-state index in [0.29, 0.717) is 27.4 Å². The zero-order valence-electron chi connectivity index (χ0n) is 14.3. The smallest absolute Gasteiger partial charge is 0.255 e. The van der Waals surface area contributed by atoms with Crippen LogP contribution in [0.25, 0.3) is 0 Å². The Hall–Kier alpha value is -2.91. The van der Waals surface area contributed by atoms with E-state index in [4.69, 9.17) is 11.6 Å². The first-order valence-electron chi connectivity index (χ1n) is 8.38. The Kier molecular flexibility index (Phi) is 5.49. The summed E-state index contributed by atoms with van der Waals surface area (Å²) in [6.45, 7) is 2.06. The minimum Gasteiger partial charge on any atom is -0.321 e. The monoisotopic (exact) mass is 363 g/mol. The molecule has 0 aromatic heterocycles. The van der Waals surface area contributed by atoms with Crippen molar-refractivity contribution in [3.63, 3.8) is 0 Å². The molecule has 0 aliphatic carbocycles. The third kappa shape index (κ3) is 4.01. The highest BCUT2D eigenvalue weighted by molar-refractivity contribution is 6.31. The van der Waals surface area contributed by atoms with Gasteiger partial charge in [0.05, 0.1) is 5.69 Å². The predicted octanol–water partition coefficient (Wildman–Crippen LogP) is 5.39. The molecule has 0 atom stereocenters. The summed E-state index contributed by atoms with van der Waals surface area (Å²) in [6, 6.07) is 21.2. The minimum atomic E-state index is -0.267. The van der Waals surface area contributed by atoms with Gasteiger partial charge in [0, 0.05) is 21.7 Å². The molecule has 0 fully saturated rings. The van der Waals surface area contributed by atoms with Crippen LogP contribution in [0.1, 0.15) is 38.8 Å². The summed E-state index contributed by atoms with van der Waals surface area (Å²) in [6.07, 6.45) is 0.912. The average molecular weight is 364 g/mol. The topological polar surface area (TPSA) is 46.2 Å². The maximum Gasteiger partial charge on any atom is 0.255 e. The SMILES string of the molecule is CCc1ccc(C(=O)Nc2ccc(Cl)cc2C(=O)c2ccccc2)cc1. The summed E-state index contributed by atoms with van der Waals surface area (Å²) in [5, 5.41) is 3.26. The van der Waals surface area contributed by atoms with Gasteiger partial charge in [-0.05, 0) is 42.3 Å². The van der Waals surface area contributed by atoms with Crippen LogP contribution < -0.4 is 5.32 Å². The maximum absolute atomic E-state index is 12.8. The summed E-state index contributed by atoms with van der Waals surface area (Å²) >= 11 is 6.07. The Balaban J connectivity index is 1.90. The number of nitrogens with one attached hydrogen (secondary N) is 1. The first kappa shape index (κ1) is 17.9. The van der Waals surface area contributed by atoms with Gasteiger partial charge in [-0.15, -0.1) is 0 Å². The number of aryl methyl sites for hydroxylation is 1. The van der Waals surface area contributed by atoms with Crippen LogP contribution in [0.4, 0.5) is 5.69 Å². The molecule has 3 rings (SSSR count). The molecule has 130 valence electrons. The van der Waals surface area contributed by atoms with E-state index in [1.54, 1.807) is 54.6 Å². The van der Waals surface area contributed by atoms with E-state index in [-0.39, 0.29) is 11.7 Å². The van der Waals surface area contributed by atoms with Crippen molar-refractivity contribution in [2.75, 3.05) is 5.32 Å². The third-order valence-electron chi connectivity index (χ3n) is 4.13. The van der Waals surface area contributed by atoms with Crippen LogP contribution in [0.3, 0.4) is 0 Å². The second-order valence-electron chi connectivity index (χ2n) is 5.89. The number of hydrogen-bond donors (Lipinski definition) is 1. The molecule has 3 aromatic carbocycles. The van der Waals surface area contributed by atoms with E-state index in [2.05, 4.69) is 12.2 Å². The Morgan fingerprint density at radius 3 is 2.23 bits per heavy atom. The largest absolute Gasteiger partial charge is 0.321 e. The van der Waals surface area contributed by atoms with Crippen molar-refractivity contribution in [1.82, 2.24) is 0 Å². The van der Waals surface area contributed by atoms with Gasteiger partial charge < -0.3 is 5.32 Å². The highest BCUT2D eigenvalue weighted by Gasteiger charge is 2.16. The summed E-state index contributed by atoms with van der Waals surface area (Å²) in [7, 11) is 0. The lowest BCUT2D eigenvalue weighted by molar-refractivity contribution is 0.102. The summed E-state index contributed by atoms with van der Waals surface area (Å²) in [4.78, 5) is 25.4. The van der Waals surface area contributed by atoms with Crippen LogP contribution in [-0.4, -0.2) is 11.7 Å². The third-order valence-corrected chi connectivity index (χ3v) is 4.37. The van der Waals surface area contributed by atoms with Crippen LogP contribution >= 0.6 is 11.6 Å². The van der Waals surface area contributed by atoms with Gasteiger partial charge in [-0.3, -0.25) is 9.59 Å². The van der Waals surface area contributed by atoms with E-state index in [0.717, 1.165) is 12.0 Å². The van der Waals surface area contributed by atoms with Gasteiger partial charge in [-0.25, -0.2) is 0 Å². The summed E-state index contributed by atoms with van der Waals surface area (Å²) in [5.41, 5.74) is 3.04. The van der Waals surface area contributed by atoms with Crippen LogP contribution in [0, 0.1) is 0 Å². The number of halogens is 1. The van der Waals surface area contributed by atoms with Crippen LogP contribution in [0.15, 0.2) is 72.8 Å². The molecule has 0 bridgehead atoms. The molecule has 0 saturated carbocycles. The molecule has 4 heteroatoms. The van der Waals surface area contributed by atoms with Gasteiger partial charge in [0.25, 0.3) is 5.91 Å². The van der Waals surface area contributed by atoms with Crippen molar-refractivity contribution in [1.29, 1.82) is 0 Å². The molecule has 1 amide bonds. The summed E-state index contributed by atoms with van der Waals surface area (Å²) in [5.74, 6) is -0.457. The fourth-order valence-corrected chi connectivity index (χ4v) is 2.82. The van der Waals surface area contributed by atoms with Crippen molar-refractivity contribution in [2.24, 2.45) is 0 Å². The molecule has 0 heterocycles. The van der Waals surface area contributed by atoms with Crippen molar-refractivity contribution >= 4 is 29.0 Å². The minimum absolute atomic E-state index is 0.190. The number of benzene rings is 3. The molecule has 0 aliphatic heterocycles. The Morgan fingerprint density at radius 1 is 0.885 bits per heavy atom. The molecule has 0 aliphatic rings. The van der Waals surface area contributed by atoms with E-state index < -0.39 is 0 Å². The van der Waals surface area contributed by atoms with Crippen LogP contribution in [-0.2, 0) is 6.42 Å². The first-order valence-corrected chi connectivity index (χ1v) is 8.76. The lowest BCUT2D eigenvalue weighted by Gasteiger charge is -2.11. The molecule has 0 unspecified atom stereocenters. The Bertz CT molecular complexity index is 934. The fourth-order valence-electron chi connectivity index (χ4n) is 2.64. The van der Waals surface area contributed by atoms with Gasteiger partial charge >= 0.3 is 0 Å². The number of rotatable bonds is 5. The average Bonchev–Trinajstić information content (AvgIpc) is 2.69. The molecule has 0 radical (unpaired) electrons. The molecule has 3 nitrogen and oxygen atoms in total. The molecular weight excluding hydrogens is 346 g/mol. The lowest BCUT2D eigenvalue weighted by Crippen LogP contribution is -2.15. The second-order valence-corrected chi connectivity index (χ2v) is 6.33. The Labute approximate surface area is 157 Å². The molecule has 3 aromatic rings. The van der Waals surface area contributed by atoms with Crippen LogP contribution in [0.5, 0.6) is 0 Å². The zero-order valence-corrected chi connectivity index (χ0v) is 15.1. The number of hydrogen-bond acceptors (Lipinski definition) is 2. The number of ketones is 1. The number of carbonyl (C=O) groups excluding carboxylic acids is 2. The van der Waals surface area contributed by atoms with Crippen molar-refractivity contribution in [2.45, 2.75) is 13.3 Å². The molecule has 0 saturated heterocycles. The normalized spacial score (nSPS) is 10.4. The van der Waals surface area contributed by atoms with Crippen molar-refractivity contribution in [3.05, 3.63) is 100 Å². The number of carbonyl (C=O) groups is 2. The van der Waals surface area contributed by atoms with Gasteiger partial charge in [0.1, 0.15) is 0 Å². The van der Waals surface area contributed by atoms with Gasteiger partial charge in [0.15, 0.2) is 5.78 Å². The van der Waals surface area contributed by atoms with Crippen LogP contribution in [0.2, 0.25) is 5.02 Å². The highest BCUT2D eigenvalue weighted by atomic mass is 35.5. The predicted molar refractivity (Wildman–Crippen MR) is 105 cm³/mol. The molecule has 26 heavy (non-hydrogen) atoms. The van der Waals surface area contributed by atoms with Gasteiger partial charge in [-0.2, -0.15) is 0 Å². The fraction of sp³-hybridized carbons (Fsp3) is 0.0909. The summed E-state index contributed by atoms with van der Waals surface area (Å²) < 4.78 is 0. The van der Waals surface area contributed by atoms with E-state index >= 15 is 0 Å². The highest BCUT2D eigenvalue weighted by Crippen LogP contribution is 2.24. The lowest BCUT2D eigenvalue weighted by atomic mass is 10.0. The quantitative estimate of drug-likeness (QED) is 0.618. The number of anilines is 1. The Morgan fingerprint density at radius 2 is 1.58 bits per heavy atom. The molecular formula is C22H18ClNO2. The van der Waals surface area contributed by atoms with Crippen molar-refractivity contribution in [3.8, 4) is 0 Å². The van der Waals surface area contributed by atoms with Crippen molar-refractivity contribution < 1.29 is 9.59 Å². The van der Waals surface area contributed by atoms with E-state index in [1.807, 2.05) is 18.2 Å². The molecule has 0 spiro atoms. The number of amides is 1. The zero-order chi connectivity index (χ0) is 18.5. The second kappa shape index (κ2) is 7.98.